The van der Waals surface area contributed by atoms with E-state index in [9.17, 15) is 31.9 Å². The number of hydrogen-bond donors (Lipinski definition) is 3. The van der Waals surface area contributed by atoms with E-state index in [0.717, 1.165) is 35.2 Å². The highest BCUT2D eigenvalue weighted by Gasteiger charge is 2.47. The molecular weight excluding hydrogens is 494 g/mol. The van der Waals surface area contributed by atoms with E-state index in [-0.39, 0.29) is 27.3 Å². The summed E-state index contributed by atoms with van der Waals surface area (Å²) in [6.45, 7) is 0. The van der Waals surface area contributed by atoms with Crippen LogP contribution in [0.2, 0.25) is 0 Å². The Morgan fingerprint density at radius 1 is 0.917 bits per heavy atom. The second kappa shape index (κ2) is 9.23. The number of hydrogen-bond acceptors (Lipinski definition) is 5. The van der Waals surface area contributed by atoms with Crippen molar-refractivity contribution >= 4 is 39.1 Å². The van der Waals surface area contributed by atoms with Gasteiger partial charge in [-0.3, -0.25) is 14.5 Å². The number of anilines is 1. The van der Waals surface area contributed by atoms with E-state index in [1.807, 2.05) is 0 Å². The summed E-state index contributed by atoms with van der Waals surface area (Å²) in [6.07, 6.45) is 0. The molecule has 4 rings (SSSR count). The summed E-state index contributed by atoms with van der Waals surface area (Å²) in [5, 5.41) is 10.9. The highest BCUT2D eigenvalue weighted by atomic mass is 32.2. The largest absolute Gasteiger partial charge is 0.507 e. The Labute approximate surface area is 204 Å². The summed E-state index contributed by atoms with van der Waals surface area (Å²) in [4.78, 5) is 26.9. The van der Waals surface area contributed by atoms with Gasteiger partial charge in [0.1, 0.15) is 17.4 Å². The number of amides is 1. The Morgan fingerprint density at radius 3 is 2.14 bits per heavy atom. The van der Waals surface area contributed by atoms with Crippen LogP contribution in [0.15, 0.2) is 87.7 Å². The molecular formula is C24H18F2N4O5S. The lowest BCUT2D eigenvalue weighted by Crippen LogP contribution is -2.29. The van der Waals surface area contributed by atoms with Crippen LogP contribution in [0.4, 0.5) is 14.5 Å². The second-order valence-corrected chi connectivity index (χ2v) is 9.32. The van der Waals surface area contributed by atoms with Gasteiger partial charge in [-0.25, -0.2) is 8.78 Å². The van der Waals surface area contributed by atoms with Crippen molar-refractivity contribution in [3.8, 4) is 0 Å². The molecule has 1 unspecified atom stereocenters. The summed E-state index contributed by atoms with van der Waals surface area (Å²) < 4.78 is 55.2. The lowest BCUT2D eigenvalue weighted by atomic mass is 9.95. The van der Waals surface area contributed by atoms with E-state index in [1.54, 1.807) is 0 Å². The third-order valence-corrected chi connectivity index (χ3v) is 6.68. The van der Waals surface area contributed by atoms with Crippen molar-refractivity contribution < 1.29 is 31.9 Å². The van der Waals surface area contributed by atoms with E-state index in [0.29, 0.717) is 0 Å². The molecule has 0 aliphatic carbocycles. The molecule has 0 saturated carbocycles. The topological polar surface area (TPSA) is 156 Å². The molecule has 1 atom stereocenters. The maximum Gasteiger partial charge on any atom is 0.300 e. The van der Waals surface area contributed by atoms with Crippen LogP contribution in [-0.4, -0.2) is 31.2 Å². The lowest BCUT2D eigenvalue weighted by Gasteiger charge is -2.25. The van der Waals surface area contributed by atoms with Crippen molar-refractivity contribution in [2.24, 2.45) is 15.9 Å². The van der Waals surface area contributed by atoms with Crippen molar-refractivity contribution in [2.45, 2.75) is 10.9 Å². The highest BCUT2D eigenvalue weighted by molar-refractivity contribution is 7.90. The number of ketones is 1. The standard InChI is InChI=1S/C24H18F2N4O5S/c25-15-6-4-13(5-7-15)21(31)19-20(14-2-1-3-16(26)12-14)30(23(33)22(19)32)17-8-10-18(11-9-17)36(34,35)29-24(27)28/h1-12,20,31H,(H4,27,28,29)/b21-19+. The molecule has 0 radical (unpaired) electrons. The van der Waals surface area contributed by atoms with Gasteiger partial charge in [0.15, 0.2) is 0 Å². The third-order valence-electron chi connectivity index (χ3n) is 5.36. The maximum atomic E-state index is 14.1. The van der Waals surface area contributed by atoms with Crippen LogP contribution in [0.1, 0.15) is 17.2 Å². The van der Waals surface area contributed by atoms with Crippen LogP contribution < -0.4 is 16.4 Å². The third kappa shape index (κ3) is 4.53. The second-order valence-electron chi connectivity index (χ2n) is 7.72. The van der Waals surface area contributed by atoms with Crippen LogP contribution in [0, 0.1) is 11.6 Å². The van der Waals surface area contributed by atoms with E-state index >= 15 is 0 Å². The van der Waals surface area contributed by atoms with Crippen molar-refractivity contribution in [3.05, 3.63) is 101 Å². The summed E-state index contributed by atoms with van der Waals surface area (Å²) in [5.41, 5.74) is 10.3. The molecule has 3 aromatic rings. The zero-order valence-corrected chi connectivity index (χ0v) is 19.1. The molecule has 184 valence electrons. The van der Waals surface area contributed by atoms with E-state index in [4.69, 9.17) is 11.5 Å². The number of aliphatic hydroxyl groups is 1. The maximum absolute atomic E-state index is 14.1. The van der Waals surface area contributed by atoms with Gasteiger partial charge in [0.25, 0.3) is 21.7 Å². The van der Waals surface area contributed by atoms with E-state index in [2.05, 4.69) is 4.40 Å². The molecule has 1 saturated heterocycles. The number of halogens is 2. The van der Waals surface area contributed by atoms with Crippen LogP contribution in [0.3, 0.4) is 0 Å². The molecule has 5 N–H and O–H groups in total. The molecule has 0 spiro atoms. The fourth-order valence-electron chi connectivity index (χ4n) is 3.82. The molecule has 1 aliphatic heterocycles. The number of nitrogens with two attached hydrogens (primary N) is 2. The monoisotopic (exact) mass is 512 g/mol. The summed E-state index contributed by atoms with van der Waals surface area (Å²) in [6, 6.07) is 13.1. The van der Waals surface area contributed by atoms with E-state index < -0.39 is 51.1 Å². The van der Waals surface area contributed by atoms with Gasteiger partial charge in [-0.1, -0.05) is 12.1 Å². The van der Waals surface area contributed by atoms with Gasteiger partial charge >= 0.3 is 0 Å². The molecule has 0 bridgehead atoms. The number of sulfonamides is 1. The Kier molecular flexibility index (Phi) is 6.29. The average Bonchev–Trinajstić information content (AvgIpc) is 3.09. The first-order chi connectivity index (χ1) is 17.0. The Balaban J connectivity index is 1.88. The predicted molar refractivity (Wildman–Crippen MR) is 127 cm³/mol. The van der Waals surface area contributed by atoms with Crippen molar-refractivity contribution in [2.75, 3.05) is 4.90 Å². The fourth-order valence-corrected chi connectivity index (χ4v) is 4.69. The van der Waals surface area contributed by atoms with Gasteiger partial charge in [-0.05, 0) is 66.2 Å². The first-order valence-electron chi connectivity index (χ1n) is 10.3. The first-order valence-corrected chi connectivity index (χ1v) is 11.7. The van der Waals surface area contributed by atoms with Gasteiger partial charge in [0.2, 0.25) is 5.96 Å². The van der Waals surface area contributed by atoms with Crippen molar-refractivity contribution in [1.29, 1.82) is 0 Å². The quantitative estimate of drug-likeness (QED) is 0.156. The minimum absolute atomic E-state index is 0.0643. The zero-order valence-electron chi connectivity index (χ0n) is 18.3. The highest BCUT2D eigenvalue weighted by Crippen LogP contribution is 2.42. The smallest absolute Gasteiger partial charge is 0.300 e. The normalized spacial score (nSPS) is 17.3. The number of nitrogens with zero attached hydrogens (tertiary/aromatic N) is 2. The number of carbonyl (C=O) groups is 2. The number of Topliss-reactive ketones (excluding diaryl/α,β-unsaturated/α-hetero) is 1. The molecule has 3 aromatic carbocycles. The molecule has 9 nitrogen and oxygen atoms in total. The number of carbonyl (C=O) groups excluding carboxylic acids is 2. The Morgan fingerprint density at radius 2 is 1.56 bits per heavy atom. The number of benzene rings is 3. The minimum atomic E-state index is -4.22. The summed E-state index contributed by atoms with van der Waals surface area (Å²) >= 11 is 0. The molecule has 1 aliphatic rings. The van der Waals surface area contributed by atoms with Gasteiger partial charge in [-0.15, -0.1) is 4.40 Å². The summed E-state index contributed by atoms with van der Waals surface area (Å²) in [5.74, 6) is -4.60. The molecule has 0 aromatic heterocycles. The van der Waals surface area contributed by atoms with Crippen LogP contribution in [0.5, 0.6) is 0 Å². The number of rotatable bonds is 5. The van der Waals surface area contributed by atoms with Gasteiger partial charge in [-0.2, -0.15) is 8.42 Å². The first kappa shape index (κ1) is 24.5. The molecule has 1 heterocycles. The molecule has 12 heteroatoms. The minimum Gasteiger partial charge on any atom is -0.507 e. The van der Waals surface area contributed by atoms with Crippen LogP contribution in [0.25, 0.3) is 5.76 Å². The molecule has 1 fully saturated rings. The number of aliphatic hydroxyl groups excluding tert-OH is 1. The van der Waals surface area contributed by atoms with Crippen LogP contribution >= 0.6 is 0 Å². The zero-order chi connectivity index (χ0) is 26.2. The number of guanidine groups is 1. The van der Waals surface area contributed by atoms with Crippen LogP contribution in [-0.2, 0) is 19.6 Å². The summed E-state index contributed by atoms with van der Waals surface area (Å²) in [7, 11) is -4.22. The van der Waals surface area contributed by atoms with Crippen molar-refractivity contribution in [1.82, 2.24) is 0 Å². The Hall–Kier alpha value is -4.58. The predicted octanol–water partition coefficient (Wildman–Crippen LogP) is 2.55. The SMILES string of the molecule is NC(N)=NS(=O)(=O)c1ccc(N2C(=O)C(=O)/C(=C(/O)c3ccc(F)cc3)C2c2cccc(F)c2)cc1. The van der Waals surface area contributed by atoms with Crippen molar-refractivity contribution in [3.63, 3.8) is 0 Å². The fraction of sp³-hybridized carbons (Fsp3) is 0.0417. The van der Waals surface area contributed by atoms with E-state index in [1.165, 1.54) is 42.5 Å². The molecule has 36 heavy (non-hydrogen) atoms. The lowest BCUT2D eigenvalue weighted by molar-refractivity contribution is -0.132. The average molecular weight is 512 g/mol. The van der Waals surface area contributed by atoms with Gasteiger partial charge in [0, 0.05) is 11.3 Å². The molecule has 1 amide bonds. The van der Waals surface area contributed by atoms with Gasteiger partial charge < -0.3 is 16.6 Å². The Bertz CT molecular complexity index is 1530. The van der Waals surface area contributed by atoms with Gasteiger partial charge in [0.05, 0.1) is 16.5 Å².